The average molecular weight is 447 g/mol. The molecule has 0 aliphatic heterocycles. The number of furan rings is 1. The number of ether oxygens (including phenoxy) is 1. The van der Waals surface area contributed by atoms with E-state index in [1.807, 2.05) is 6.92 Å². The lowest BCUT2D eigenvalue weighted by atomic mass is 10.3. The highest BCUT2D eigenvalue weighted by Crippen LogP contribution is 2.22. The summed E-state index contributed by atoms with van der Waals surface area (Å²) < 4.78 is 12.1. The van der Waals surface area contributed by atoms with Gasteiger partial charge in [-0.2, -0.15) is 0 Å². The summed E-state index contributed by atoms with van der Waals surface area (Å²) in [4.78, 5) is 41.4. The minimum Gasteiger partial charge on any atom is -0.484 e. The lowest BCUT2D eigenvalue weighted by molar-refractivity contribution is -0.120. The van der Waals surface area contributed by atoms with Crippen LogP contribution in [0.25, 0.3) is 0 Å². The molecule has 2 heterocycles. The van der Waals surface area contributed by atoms with Crippen LogP contribution in [0.4, 0.5) is 11.5 Å². The van der Waals surface area contributed by atoms with E-state index in [1.54, 1.807) is 36.4 Å². The maximum Gasteiger partial charge on any atom is 0.330 e. The molecule has 3 aromatic rings. The van der Waals surface area contributed by atoms with Crippen LogP contribution >= 0.6 is 11.6 Å². The van der Waals surface area contributed by atoms with Crippen molar-refractivity contribution < 1.29 is 13.9 Å². The van der Waals surface area contributed by atoms with Gasteiger partial charge in [0.05, 0.1) is 12.8 Å². The van der Waals surface area contributed by atoms with Crippen LogP contribution in [0.15, 0.2) is 56.7 Å². The van der Waals surface area contributed by atoms with E-state index in [0.717, 1.165) is 11.3 Å². The van der Waals surface area contributed by atoms with Gasteiger partial charge in [0.2, 0.25) is 0 Å². The number of nitrogens with zero attached hydrogens (tertiary/aromatic N) is 2. The second-order valence-electron chi connectivity index (χ2n) is 6.80. The standard InChI is InChI=1S/C21H23ClN4O5/c1-2-3-9-25-19(23)18(20(28)24-21(25)29)26(12-16-8-5-10-30-16)17(27)13-31-15-7-4-6-14(22)11-15/h4-8,10-11H,2-3,9,12-13,23H2,1H3,(H,24,28,29). The lowest BCUT2D eigenvalue weighted by Gasteiger charge is -2.24. The molecule has 1 aromatic carbocycles. The van der Waals surface area contributed by atoms with Gasteiger partial charge in [-0.25, -0.2) is 4.79 Å². The van der Waals surface area contributed by atoms with Crippen LogP contribution in [-0.2, 0) is 17.9 Å². The Morgan fingerprint density at radius 2 is 2.10 bits per heavy atom. The number of H-pyrrole nitrogens is 1. The number of halogens is 1. The van der Waals surface area contributed by atoms with Crippen LogP contribution in [0, 0.1) is 0 Å². The Kier molecular flexibility index (Phi) is 7.19. The number of carbonyl (C=O) groups excluding carboxylic acids is 1. The Labute approximate surface area is 183 Å². The molecule has 1 amide bonds. The monoisotopic (exact) mass is 446 g/mol. The summed E-state index contributed by atoms with van der Waals surface area (Å²) in [7, 11) is 0. The minimum atomic E-state index is -0.766. The van der Waals surface area contributed by atoms with Gasteiger partial charge in [0, 0.05) is 11.6 Å². The van der Waals surface area contributed by atoms with Gasteiger partial charge in [0.15, 0.2) is 12.3 Å². The summed E-state index contributed by atoms with van der Waals surface area (Å²) in [6.07, 6.45) is 2.96. The van der Waals surface area contributed by atoms with Crippen molar-refractivity contribution in [3.8, 4) is 5.75 Å². The molecule has 0 atom stereocenters. The van der Waals surface area contributed by atoms with Crippen LogP contribution in [0.2, 0.25) is 5.02 Å². The second-order valence-corrected chi connectivity index (χ2v) is 7.24. The molecule has 0 unspecified atom stereocenters. The number of benzene rings is 1. The number of rotatable bonds is 9. The van der Waals surface area contributed by atoms with Crippen molar-refractivity contribution in [1.29, 1.82) is 0 Å². The molecule has 164 valence electrons. The molecule has 0 aliphatic rings. The third-order valence-corrected chi connectivity index (χ3v) is 4.81. The van der Waals surface area contributed by atoms with E-state index < -0.39 is 17.2 Å². The summed E-state index contributed by atoms with van der Waals surface area (Å²) in [5.74, 6) is 0.189. The summed E-state index contributed by atoms with van der Waals surface area (Å²) in [5.41, 5.74) is 4.66. The van der Waals surface area contributed by atoms with E-state index in [9.17, 15) is 14.4 Å². The van der Waals surface area contributed by atoms with Gasteiger partial charge in [0.25, 0.3) is 11.5 Å². The molecule has 0 spiro atoms. The van der Waals surface area contributed by atoms with Crippen LogP contribution in [0.3, 0.4) is 0 Å². The van der Waals surface area contributed by atoms with Crippen molar-refractivity contribution in [2.24, 2.45) is 0 Å². The van der Waals surface area contributed by atoms with E-state index in [2.05, 4.69) is 4.98 Å². The molecule has 0 fully saturated rings. The molecule has 0 radical (unpaired) electrons. The fourth-order valence-electron chi connectivity index (χ4n) is 3.01. The zero-order chi connectivity index (χ0) is 22.4. The van der Waals surface area contributed by atoms with Crippen molar-refractivity contribution in [2.45, 2.75) is 32.9 Å². The number of hydrogen-bond donors (Lipinski definition) is 2. The van der Waals surface area contributed by atoms with Gasteiger partial charge in [-0.15, -0.1) is 0 Å². The van der Waals surface area contributed by atoms with E-state index >= 15 is 0 Å². The Balaban J connectivity index is 1.96. The molecule has 10 heteroatoms. The van der Waals surface area contributed by atoms with Gasteiger partial charge in [-0.05, 0) is 36.8 Å². The molecule has 0 aliphatic carbocycles. The third-order valence-electron chi connectivity index (χ3n) is 4.57. The molecule has 0 bridgehead atoms. The van der Waals surface area contributed by atoms with E-state index in [-0.39, 0.29) is 24.7 Å². The van der Waals surface area contributed by atoms with E-state index in [0.29, 0.717) is 29.5 Å². The van der Waals surface area contributed by atoms with Crippen molar-refractivity contribution in [1.82, 2.24) is 9.55 Å². The first kappa shape index (κ1) is 22.2. The lowest BCUT2D eigenvalue weighted by Crippen LogP contribution is -2.42. The predicted octanol–water partition coefficient (Wildman–Crippen LogP) is 2.78. The number of nitrogen functional groups attached to an aromatic ring is 1. The topological polar surface area (TPSA) is 124 Å². The van der Waals surface area contributed by atoms with Gasteiger partial charge in [0.1, 0.15) is 17.3 Å². The maximum absolute atomic E-state index is 13.1. The molecular weight excluding hydrogens is 424 g/mol. The summed E-state index contributed by atoms with van der Waals surface area (Å²) in [6, 6.07) is 9.92. The highest BCUT2D eigenvalue weighted by molar-refractivity contribution is 6.30. The summed E-state index contributed by atoms with van der Waals surface area (Å²) >= 11 is 5.95. The molecule has 3 N–H and O–H groups in total. The summed E-state index contributed by atoms with van der Waals surface area (Å²) in [6.45, 7) is 1.83. The van der Waals surface area contributed by atoms with Gasteiger partial charge in [-0.1, -0.05) is 31.0 Å². The predicted molar refractivity (Wildman–Crippen MR) is 117 cm³/mol. The average Bonchev–Trinajstić information content (AvgIpc) is 3.24. The Hall–Kier alpha value is -3.46. The Bertz CT molecular complexity index is 1150. The molecule has 31 heavy (non-hydrogen) atoms. The van der Waals surface area contributed by atoms with Gasteiger partial charge in [-0.3, -0.25) is 24.0 Å². The zero-order valence-corrected chi connectivity index (χ0v) is 17.7. The fourth-order valence-corrected chi connectivity index (χ4v) is 3.19. The first-order valence-corrected chi connectivity index (χ1v) is 10.1. The molecule has 0 saturated heterocycles. The number of nitrogens with two attached hydrogens (primary N) is 1. The quantitative estimate of drug-likeness (QED) is 0.521. The highest BCUT2D eigenvalue weighted by atomic mass is 35.5. The number of aromatic amines is 1. The Morgan fingerprint density at radius 1 is 1.29 bits per heavy atom. The number of anilines is 2. The number of unbranched alkanes of at least 4 members (excludes halogenated alkanes) is 1. The van der Waals surface area contributed by atoms with E-state index in [1.165, 1.54) is 10.8 Å². The summed E-state index contributed by atoms with van der Waals surface area (Å²) in [5, 5.41) is 0.459. The molecular formula is C21H23ClN4O5. The highest BCUT2D eigenvalue weighted by Gasteiger charge is 2.25. The van der Waals surface area contributed by atoms with E-state index in [4.69, 9.17) is 26.5 Å². The van der Waals surface area contributed by atoms with Gasteiger partial charge >= 0.3 is 5.69 Å². The first-order chi connectivity index (χ1) is 14.9. The first-order valence-electron chi connectivity index (χ1n) is 9.74. The molecule has 9 nitrogen and oxygen atoms in total. The van der Waals surface area contributed by atoms with Crippen LogP contribution in [0.5, 0.6) is 5.75 Å². The number of carbonyl (C=O) groups is 1. The normalized spacial score (nSPS) is 10.8. The largest absolute Gasteiger partial charge is 0.484 e. The van der Waals surface area contributed by atoms with Crippen molar-refractivity contribution in [3.05, 3.63) is 74.3 Å². The van der Waals surface area contributed by atoms with Crippen LogP contribution < -0.4 is 26.6 Å². The van der Waals surface area contributed by atoms with Crippen molar-refractivity contribution in [3.63, 3.8) is 0 Å². The third kappa shape index (κ3) is 5.37. The molecule has 0 saturated carbocycles. The number of amides is 1. The number of nitrogens with one attached hydrogen (secondary N) is 1. The zero-order valence-electron chi connectivity index (χ0n) is 17.0. The molecule has 2 aromatic heterocycles. The Morgan fingerprint density at radius 3 is 2.77 bits per heavy atom. The van der Waals surface area contributed by atoms with Gasteiger partial charge < -0.3 is 14.9 Å². The maximum atomic E-state index is 13.1. The number of hydrogen-bond acceptors (Lipinski definition) is 6. The second kappa shape index (κ2) is 10.0. The SMILES string of the molecule is CCCCn1c(N)c(N(Cc2ccco2)C(=O)COc2cccc(Cl)c2)c(=O)[nH]c1=O. The minimum absolute atomic E-state index is 0.0655. The molecule has 3 rings (SSSR count). The van der Waals surface area contributed by atoms with Crippen LogP contribution in [-0.4, -0.2) is 22.1 Å². The fraction of sp³-hybridized carbons (Fsp3) is 0.286. The number of aromatic nitrogens is 2. The van der Waals surface area contributed by atoms with Crippen molar-refractivity contribution in [2.75, 3.05) is 17.2 Å². The smallest absolute Gasteiger partial charge is 0.330 e. The van der Waals surface area contributed by atoms with Crippen molar-refractivity contribution >= 4 is 29.0 Å². The van der Waals surface area contributed by atoms with Crippen LogP contribution in [0.1, 0.15) is 25.5 Å².